The van der Waals surface area contributed by atoms with E-state index in [1.54, 1.807) is 18.2 Å². The van der Waals surface area contributed by atoms with Crippen molar-refractivity contribution >= 4 is 33.7 Å². The molecule has 10 nitrogen and oxygen atoms in total. The topological polar surface area (TPSA) is 134 Å². The molecule has 3 amide bonds. The first-order chi connectivity index (χ1) is 15.8. The maximum atomic E-state index is 12.9. The summed E-state index contributed by atoms with van der Waals surface area (Å²) in [5.74, 6) is 0.0353. The monoisotopic (exact) mass is 495 g/mol. The van der Waals surface area contributed by atoms with Gasteiger partial charge < -0.3 is 9.73 Å². The Balaban J connectivity index is 1.56. The van der Waals surface area contributed by atoms with Gasteiger partial charge in [-0.3, -0.25) is 10.1 Å². The number of hydrogen-bond acceptors (Lipinski definition) is 8. The van der Waals surface area contributed by atoms with E-state index in [0.717, 1.165) is 37.4 Å². The number of carbonyl (C=O) groups is 2. The minimum absolute atomic E-state index is 0.0807. The van der Waals surface area contributed by atoms with Crippen molar-refractivity contribution in [2.24, 2.45) is 5.92 Å². The van der Waals surface area contributed by atoms with Crippen molar-refractivity contribution in [3.8, 4) is 11.5 Å². The van der Waals surface area contributed by atoms with E-state index in [0.29, 0.717) is 31.1 Å². The van der Waals surface area contributed by atoms with Gasteiger partial charge in [0.05, 0.1) is 10.6 Å². The number of aromatic nitrogens is 2. The summed E-state index contributed by atoms with van der Waals surface area (Å²) >= 11 is 0.988. The number of hydrogen-bond donors (Lipinski definition) is 2. The van der Waals surface area contributed by atoms with Crippen molar-refractivity contribution in [1.82, 2.24) is 25.1 Å². The lowest BCUT2D eigenvalue weighted by molar-refractivity contribution is -0.117. The second-order valence-electron chi connectivity index (χ2n) is 8.14. The molecule has 2 heterocycles. The Hall–Kier alpha value is -2.44. The Labute approximate surface area is 197 Å². The maximum absolute atomic E-state index is 12.9. The third-order valence-corrected chi connectivity index (χ3v) is 7.74. The van der Waals surface area contributed by atoms with Crippen LogP contribution in [0.1, 0.15) is 39.5 Å². The number of urea groups is 1. The van der Waals surface area contributed by atoms with Gasteiger partial charge in [-0.1, -0.05) is 38.1 Å². The number of benzene rings is 1. The summed E-state index contributed by atoms with van der Waals surface area (Å²) in [6, 6.07) is 5.84. The molecule has 0 saturated carbocycles. The summed E-state index contributed by atoms with van der Waals surface area (Å²) in [5, 5.41) is 12.9. The summed E-state index contributed by atoms with van der Waals surface area (Å²) < 4.78 is 32.9. The molecule has 1 aromatic heterocycles. The molecule has 33 heavy (non-hydrogen) atoms. The zero-order valence-corrected chi connectivity index (χ0v) is 20.4. The standard InChI is InChI=1S/C21H29N5O5S2/c1-15(2)9-10-22-20(28)23-18(27)14-32-21-25-24-19(31-21)16-7-6-8-17(13-16)33(29,30)26-11-4-3-5-12-26/h6-8,13,15H,3-5,9-12,14H2,1-2H3,(H2,22,23,27,28). The summed E-state index contributed by atoms with van der Waals surface area (Å²) in [7, 11) is -3.58. The molecule has 2 N–H and O–H groups in total. The quantitative estimate of drug-likeness (QED) is 0.507. The van der Waals surface area contributed by atoms with Crippen molar-refractivity contribution in [1.29, 1.82) is 0 Å². The normalized spacial score (nSPS) is 14.9. The van der Waals surface area contributed by atoms with Gasteiger partial charge in [0.2, 0.25) is 21.8 Å². The molecular formula is C21H29N5O5S2. The number of sulfonamides is 1. The van der Waals surface area contributed by atoms with Crippen molar-refractivity contribution in [3.63, 3.8) is 0 Å². The fourth-order valence-electron chi connectivity index (χ4n) is 3.24. The highest BCUT2D eigenvalue weighted by Crippen LogP contribution is 2.27. The van der Waals surface area contributed by atoms with Gasteiger partial charge in [0.1, 0.15) is 0 Å². The number of thioether (sulfide) groups is 1. The summed E-state index contributed by atoms with van der Waals surface area (Å²) in [4.78, 5) is 23.8. The van der Waals surface area contributed by atoms with Gasteiger partial charge in [-0.25, -0.2) is 13.2 Å². The third kappa shape index (κ3) is 7.27. The molecule has 2 aromatic rings. The Bertz CT molecular complexity index is 1060. The molecule has 0 unspecified atom stereocenters. The molecule has 1 aliphatic heterocycles. The third-order valence-electron chi connectivity index (χ3n) is 5.03. The zero-order chi connectivity index (χ0) is 23.8. The molecule has 0 radical (unpaired) electrons. The maximum Gasteiger partial charge on any atom is 0.321 e. The van der Waals surface area contributed by atoms with Gasteiger partial charge in [-0.05, 0) is 43.4 Å². The molecule has 12 heteroatoms. The molecule has 3 rings (SSSR count). The van der Waals surface area contributed by atoms with E-state index in [9.17, 15) is 18.0 Å². The molecule has 1 aliphatic rings. The number of carbonyl (C=O) groups excluding carboxylic acids is 2. The Morgan fingerprint density at radius 1 is 1.18 bits per heavy atom. The van der Waals surface area contributed by atoms with Crippen LogP contribution in [0.15, 0.2) is 38.8 Å². The van der Waals surface area contributed by atoms with E-state index in [-0.39, 0.29) is 21.8 Å². The van der Waals surface area contributed by atoms with E-state index in [1.165, 1.54) is 10.4 Å². The predicted molar refractivity (Wildman–Crippen MR) is 124 cm³/mol. The molecular weight excluding hydrogens is 466 g/mol. The second-order valence-corrected chi connectivity index (χ2v) is 11.0. The van der Waals surface area contributed by atoms with E-state index in [4.69, 9.17) is 4.42 Å². The van der Waals surface area contributed by atoms with Gasteiger partial charge in [0.25, 0.3) is 5.22 Å². The summed E-state index contributed by atoms with van der Waals surface area (Å²) in [5.41, 5.74) is 0.474. The van der Waals surface area contributed by atoms with Gasteiger partial charge in [0.15, 0.2) is 0 Å². The largest absolute Gasteiger partial charge is 0.411 e. The first kappa shape index (κ1) is 25.2. The van der Waals surface area contributed by atoms with Crippen LogP contribution in [0.5, 0.6) is 0 Å². The van der Waals surface area contributed by atoms with Gasteiger partial charge in [-0.15, -0.1) is 10.2 Å². The number of imide groups is 1. The summed E-state index contributed by atoms with van der Waals surface area (Å²) in [6.45, 7) is 5.62. The highest BCUT2D eigenvalue weighted by molar-refractivity contribution is 7.99. The fraction of sp³-hybridized carbons (Fsp3) is 0.524. The zero-order valence-electron chi connectivity index (χ0n) is 18.7. The van der Waals surface area contributed by atoms with Crippen molar-refractivity contribution in [3.05, 3.63) is 24.3 Å². The highest BCUT2D eigenvalue weighted by atomic mass is 32.2. The Morgan fingerprint density at radius 3 is 2.67 bits per heavy atom. The highest BCUT2D eigenvalue weighted by Gasteiger charge is 2.26. The van der Waals surface area contributed by atoms with Crippen LogP contribution < -0.4 is 10.6 Å². The van der Waals surface area contributed by atoms with Crippen LogP contribution in [0.2, 0.25) is 0 Å². The Kier molecular flexibility index (Phi) is 8.87. The number of nitrogens with zero attached hydrogens (tertiary/aromatic N) is 3. The molecule has 1 aromatic carbocycles. The van der Waals surface area contributed by atoms with E-state index in [1.807, 2.05) is 13.8 Å². The minimum atomic E-state index is -3.58. The van der Waals surface area contributed by atoms with Crippen LogP contribution in [0, 0.1) is 5.92 Å². The van der Waals surface area contributed by atoms with E-state index < -0.39 is 22.0 Å². The average molecular weight is 496 g/mol. The Morgan fingerprint density at radius 2 is 1.94 bits per heavy atom. The number of piperidine rings is 1. The van der Waals surface area contributed by atoms with Crippen molar-refractivity contribution in [2.45, 2.75) is 49.6 Å². The van der Waals surface area contributed by atoms with E-state index >= 15 is 0 Å². The number of nitrogens with one attached hydrogen (secondary N) is 2. The molecule has 0 bridgehead atoms. The lowest BCUT2D eigenvalue weighted by Crippen LogP contribution is -2.40. The average Bonchev–Trinajstić information content (AvgIpc) is 3.27. The van der Waals surface area contributed by atoms with Gasteiger partial charge in [-0.2, -0.15) is 4.31 Å². The van der Waals surface area contributed by atoms with Crippen molar-refractivity contribution < 1.29 is 22.4 Å². The lowest BCUT2D eigenvalue weighted by Gasteiger charge is -2.25. The van der Waals surface area contributed by atoms with Gasteiger partial charge >= 0.3 is 6.03 Å². The van der Waals surface area contributed by atoms with Crippen LogP contribution in [0.25, 0.3) is 11.5 Å². The predicted octanol–water partition coefficient (Wildman–Crippen LogP) is 2.88. The van der Waals surface area contributed by atoms with Crippen LogP contribution in [0.3, 0.4) is 0 Å². The molecule has 0 aliphatic carbocycles. The van der Waals surface area contributed by atoms with Crippen molar-refractivity contribution in [2.75, 3.05) is 25.4 Å². The molecule has 180 valence electrons. The second kappa shape index (κ2) is 11.6. The smallest absolute Gasteiger partial charge is 0.321 e. The lowest BCUT2D eigenvalue weighted by atomic mass is 10.1. The first-order valence-electron chi connectivity index (χ1n) is 10.9. The van der Waals surface area contributed by atoms with Gasteiger partial charge in [0, 0.05) is 25.2 Å². The minimum Gasteiger partial charge on any atom is -0.411 e. The van der Waals surface area contributed by atoms with Crippen LogP contribution in [-0.4, -0.2) is 60.2 Å². The molecule has 0 atom stereocenters. The molecule has 1 saturated heterocycles. The summed E-state index contributed by atoms with van der Waals surface area (Å²) in [6.07, 6.45) is 3.57. The van der Waals surface area contributed by atoms with Crippen LogP contribution >= 0.6 is 11.8 Å². The number of amides is 3. The van der Waals surface area contributed by atoms with Crippen LogP contribution in [-0.2, 0) is 14.8 Å². The first-order valence-corrected chi connectivity index (χ1v) is 13.3. The fourth-order valence-corrected chi connectivity index (χ4v) is 5.36. The SMILES string of the molecule is CC(C)CCNC(=O)NC(=O)CSc1nnc(-c2cccc(S(=O)(=O)N3CCCCC3)c2)o1. The van der Waals surface area contributed by atoms with Crippen LogP contribution in [0.4, 0.5) is 4.79 Å². The van der Waals surface area contributed by atoms with E-state index in [2.05, 4.69) is 20.8 Å². The molecule has 1 fully saturated rings. The molecule has 0 spiro atoms. The number of rotatable bonds is 9.